The van der Waals surface area contributed by atoms with Gasteiger partial charge in [0.05, 0.1) is 23.4 Å². The first kappa shape index (κ1) is 24.6. The lowest BCUT2D eigenvalue weighted by molar-refractivity contribution is 0.0968. The second-order valence-electron chi connectivity index (χ2n) is 10.3. The summed E-state index contributed by atoms with van der Waals surface area (Å²) in [6.45, 7) is 8.69. The highest BCUT2D eigenvalue weighted by Gasteiger charge is 2.34. The minimum Gasteiger partial charge on any atom is -0.504 e. The molecule has 6 heteroatoms. The number of piperidine rings is 1. The molecule has 1 saturated carbocycles. The first-order valence-electron chi connectivity index (χ1n) is 13.3. The number of pyridine rings is 1. The number of rotatable bonds is 9. The number of phenols is 1. The Morgan fingerprint density at radius 3 is 2.50 bits per heavy atom. The van der Waals surface area contributed by atoms with E-state index in [1.165, 1.54) is 0 Å². The molecule has 5 rings (SSSR count). The molecule has 190 valence electrons. The molecule has 1 aliphatic carbocycles. The van der Waals surface area contributed by atoms with Gasteiger partial charge in [-0.25, -0.2) is 0 Å². The molecule has 2 fully saturated rings. The standard InChI is InChI=1S/C30H37N3O3/c1-4-32(3)19-20-12-14-33(15-13-20)29-24-16-22(23-9-11-27(34)28(17-23)36-5-2)8-10-26(24)31-18-25(29)30(35)21-6-7-21/h8-11,16-18,20-21,34H,4-7,12-15,19H2,1-3H3. The van der Waals surface area contributed by atoms with Crippen LogP contribution in [-0.2, 0) is 0 Å². The van der Waals surface area contributed by atoms with E-state index < -0.39 is 0 Å². The number of Topliss-reactive ketones (excluding diaryl/α,β-unsaturated/α-hetero) is 1. The summed E-state index contributed by atoms with van der Waals surface area (Å²) in [5.41, 5.74) is 4.70. The van der Waals surface area contributed by atoms with Gasteiger partial charge >= 0.3 is 0 Å². The third-order valence-electron chi connectivity index (χ3n) is 7.69. The Morgan fingerprint density at radius 1 is 1.08 bits per heavy atom. The van der Waals surface area contributed by atoms with Crippen LogP contribution in [0.1, 0.15) is 49.9 Å². The monoisotopic (exact) mass is 487 g/mol. The van der Waals surface area contributed by atoms with Crippen LogP contribution >= 0.6 is 0 Å². The number of benzene rings is 2. The minimum absolute atomic E-state index is 0.137. The highest BCUT2D eigenvalue weighted by atomic mass is 16.5. The third kappa shape index (κ3) is 5.05. The lowest BCUT2D eigenvalue weighted by Gasteiger charge is -2.36. The van der Waals surface area contributed by atoms with Gasteiger partial charge in [0.2, 0.25) is 0 Å². The lowest BCUT2D eigenvalue weighted by atomic mass is 9.93. The second-order valence-corrected chi connectivity index (χ2v) is 10.3. The molecular weight excluding hydrogens is 450 g/mol. The van der Waals surface area contributed by atoms with Gasteiger partial charge in [-0.15, -0.1) is 0 Å². The smallest absolute Gasteiger partial charge is 0.169 e. The van der Waals surface area contributed by atoms with Gasteiger partial charge in [-0.3, -0.25) is 9.78 Å². The zero-order chi connectivity index (χ0) is 25.2. The number of ether oxygens (including phenoxy) is 1. The largest absolute Gasteiger partial charge is 0.504 e. The fourth-order valence-corrected chi connectivity index (χ4v) is 5.32. The SMILES string of the molecule is CCOc1cc(-c2ccc3ncc(C(=O)C4CC4)c(N4CCC(CN(C)CC)CC4)c3c2)ccc1O. The van der Waals surface area contributed by atoms with Crippen molar-refractivity contribution in [3.05, 3.63) is 48.2 Å². The van der Waals surface area contributed by atoms with Gasteiger partial charge in [0, 0.05) is 37.1 Å². The van der Waals surface area contributed by atoms with E-state index in [4.69, 9.17) is 9.72 Å². The Morgan fingerprint density at radius 2 is 1.81 bits per heavy atom. The summed E-state index contributed by atoms with van der Waals surface area (Å²) in [6, 6.07) is 11.7. The van der Waals surface area contributed by atoms with E-state index in [1.54, 1.807) is 6.07 Å². The lowest BCUT2D eigenvalue weighted by Crippen LogP contribution is -2.38. The van der Waals surface area contributed by atoms with Crippen molar-refractivity contribution >= 4 is 22.4 Å². The molecule has 1 aliphatic heterocycles. The van der Waals surface area contributed by atoms with E-state index in [9.17, 15) is 9.90 Å². The molecular formula is C30H37N3O3. The summed E-state index contributed by atoms with van der Waals surface area (Å²) in [4.78, 5) is 22.9. The van der Waals surface area contributed by atoms with E-state index in [0.29, 0.717) is 18.3 Å². The number of hydrogen-bond acceptors (Lipinski definition) is 6. The van der Waals surface area contributed by atoms with Crippen molar-refractivity contribution in [3.8, 4) is 22.6 Å². The first-order valence-corrected chi connectivity index (χ1v) is 13.3. The normalized spacial score (nSPS) is 16.6. The Bertz CT molecular complexity index is 1250. The van der Waals surface area contributed by atoms with Gasteiger partial charge in [0.25, 0.3) is 0 Å². The number of carbonyl (C=O) groups is 1. The average Bonchev–Trinajstić information content (AvgIpc) is 3.75. The topological polar surface area (TPSA) is 65.9 Å². The van der Waals surface area contributed by atoms with Crippen molar-refractivity contribution in [2.45, 2.75) is 39.5 Å². The van der Waals surface area contributed by atoms with Crippen molar-refractivity contribution in [3.63, 3.8) is 0 Å². The number of phenolic OH excluding ortho intramolecular Hbond substituents is 1. The van der Waals surface area contributed by atoms with E-state index >= 15 is 0 Å². The molecule has 0 radical (unpaired) electrons. The number of fused-ring (bicyclic) bond motifs is 1. The van der Waals surface area contributed by atoms with Crippen LogP contribution in [0.4, 0.5) is 5.69 Å². The number of hydrogen-bond donors (Lipinski definition) is 1. The molecule has 1 aromatic heterocycles. The molecule has 6 nitrogen and oxygen atoms in total. The molecule has 0 bridgehead atoms. The van der Waals surface area contributed by atoms with Gasteiger partial charge in [-0.1, -0.05) is 19.1 Å². The summed E-state index contributed by atoms with van der Waals surface area (Å²) >= 11 is 0. The number of ketones is 1. The van der Waals surface area contributed by atoms with Gasteiger partial charge < -0.3 is 19.6 Å². The predicted molar refractivity (Wildman–Crippen MR) is 145 cm³/mol. The Labute approximate surface area is 213 Å². The fraction of sp³-hybridized carbons (Fsp3) is 0.467. The van der Waals surface area contributed by atoms with E-state index in [1.807, 2.05) is 31.3 Å². The van der Waals surface area contributed by atoms with Crippen LogP contribution in [0.5, 0.6) is 11.5 Å². The number of aromatic hydroxyl groups is 1. The maximum absolute atomic E-state index is 13.4. The molecule has 1 saturated heterocycles. The summed E-state index contributed by atoms with van der Waals surface area (Å²) in [5.74, 6) is 1.68. The number of nitrogens with zero attached hydrogens (tertiary/aromatic N) is 3. The summed E-state index contributed by atoms with van der Waals surface area (Å²) in [7, 11) is 2.19. The van der Waals surface area contributed by atoms with Crippen molar-refractivity contribution in [2.75, 3.05) is 44.7 Å². The zero-order valence-corrected chi connectivity index (χ0v) is 21.7. The van der Waals surface area contributed by atoms with Crippen LogP contribution in [0.3, 0.4) is 0 Å². The number of anilines is 1. The van der Waals surface area contributed by atoms with Crippen LogP contribution in [0.2, 0.25) is 0 Å². The van der Waals surface area contributed by atoms with Crippen molar-refractivity contribution in [2.24, 2.45) is 11.8 Å². The average molecular weight is 488 g/mol. The van der Waals surface area contributed by atoms with Crippen molar-refractivity contribution in [1.29, 1.82) is 0 Å². The van der Waals surface area contributed by atoms with Crippen molar-refractivity contribution < 1.29 is 14.6 Å². The minimum atomic E-state index is 0.137. The maximum Gasteiger partial charge on any atom is 0.169 e. The fourth-order valence-electron chi connectivity index (χ4n) is 5.32. The molecule has 2 aliphatic rings. The van der Waals surface area contributed by atoms with Crippen LogP contribution in [0.15, 0.2) is 42.6 Å². The molecule has 36 heavy (non-hydrogen) atoms. The molecule has 2 heterocycles. The van der Waals surface area contributed by atoms with E-state index in [0.717, 1.165) is 85.1 Å². The van der Waals surface area contributed by atoms with Crippen LogP contribution in [0, 0.1) is 11.8 Å². The van der Waals surface area contributed by atoms with E-state index in [2.05, 4.69) is 35.9 Å². The number of aromatic nitrogens is 1. The summed E-state index contributed by atoms with van der Waals surface area (Å²) < 4.78 is 5.62. The molecule has 0 unspecified atom stereocenters. The highest BCUT2D eigenvalue weighted by Crippen LogP contribution is 2.41. The molecule has 0 spiro atoms. The molecule has 3 aromatic rings. The molecule has 2 aromatic carbocycles. The molecule has 0 atom stereocenters. The quantitative estimate of drug-likeness (QED) is 0.387. The second kappa shape index (κ2) is 10.5. The van der Waals surface area contributed by atoms with Crippen LogP contribution < -0.4 is 9.64 Å². The predicted octanol–water partition coefficient (Wildman–Crippen LogP) is 5.77. The summed E-state index contributed by atoms with van der Waals surface area (Å²) in [5, 5.41) is 11.2. The van der Waals surface area contributed by atoms with Crippen LogP contribution in [0.25, 0.3) is 22.0 Å². The van der Waals surface area contributed by atoms with Gasteiger partial charge in [0.15, 0.2) is 17.3 Å². The van der Waals surface area contributed by atoms with Crippen LogP contribution in [-0.4, -0.2) is 60.6 Å². The molecule has 1 N–H and O–H groups in total. The Kier molecular flexibility index (Phi) is 7.15. The highest BCUT2D eigenvalue weighted by molar-refractivity contribution is 6.10. The van der Waals surface area contributed by atoms with Gasteiger partial charge in [0.1, 0.15) is 0 Å². The third-order valence-corrected chi connectivity index (χ3v) is 7.69. The van der Waals surface area contributed by atoms with Gasteiger partial charge in [-0.05, 0) is 87.5 Å². The Hall–Kier alpha value is -3.12. The summed E-state index contributed by atoms with van der Waals surface area (Å²) in [6.07, 6.45) is 6.02. The van der Waals surface area contributed by atoms with Crippen molar-refractivity contribution in [1.82, 2.24) is 9.88 Å². The molecule has 0 amide bonds. The van der Waals surface area contributed by atoms with E-state index in [-0.39, 0.29) is 17.5 Å². The number of carbonyl (C=O) groups excluding carboxylic acids is 1. The van der Waals surface area contributed by atoms with Gasteiger partial charge in [-0.2, -0.15) is 0 Å². The first-order chi connectivity index (χ1) is 17.5. The zero-order valence-electron chi connectivity index (χ0n) is 21.7. The Balaban J connectivity index is 1.54. The maximum atomic E-state index is 13.4.